The van der Waals surface area contributed by atoms with Crippen LogP contribution in [0.25, 0.3) is 33.5 Å². The van der Waals surface area contributed by atoms with Gasteiger partial charge in [-0.3, -0.25) is 39.1 Å². The van der Waals surface area contributed by atoms with Gasteiger partial charge in [0.1, 0.15) is 17.4 Å². The molecule has 2 aromatic heterocycles. The normalized spacial score (nSPS) is 19.3. The van der Waals surface area contributed by atoms with E-state index in [1.807, 2.05) is 36.2 Å². The van der Waals surface area contributed by atoms with Gasteiger partial charge in [-0.15, -0.1) is 0 Å². The number of anilines is 1. The van der Waals surface area contributed by atoms with Gasteiger partial charge >= 0.3 is 0 Å². The van der Waals surface area contributed by atoms with E-state index in [0.717, 1.165) is 70.4 Å². The van der Waals surface area contributed by atoms with Gasteiger partial charge in [0, 0.05) is 62.5 Å². The van der Waals surface area contributed by atoms with E-state index in [4.69, 9.17) is 4.98 Å². The molecule has 3 saturated heterocycles. The fourth-order valence-corrected chi connectivity index (χ4v) is 8.69. The summed E-state index contributed by atoms with van der Waals surface area (Å²) in [5.41, 5.74) is 8.22. The number of aromatic nitrogens is 3. The number of carbonyl (C=O) groups excluding carboxylic acids is 5. The van der Waals surface area contributed by atoms with Gasteiger partial charge in [-0.25, -0.2) is 14.4 Å². The second-order valence-corrected chi connectivity index (χ2v) is 15.7. The van der Waals surface area contributed by atoms with Crippen LogP contribution in [0.15, 0.2) is 67.0 Å². The Bertz CT molecular complexity index is 2500. The number of imide groups is 2. The number of carbonyl (C=O) groups is 5. The standard InChI is InChI=1S/C43H41FN8O5/c1-23-16-27(8-9-29(23)41(55)49(2)3)32-19-45-39-38(32)47-34(20-46-39)26-6-4-24(5-7-26)25-12-14-50(15-13-25)28-21-51(22-28)36-18-31-30(17-33(36)44)42(56)52(43(31)57)35-10-11-37(53)48-40(35)54/h4-9,16-20,25,28,35H,10-15,21-22H2,1-3H3,(H,45,46)(H,48,53,54). The number of rotatable bonds is 7. The van der Waals surface area contributed by atoms with Crippen molar-refractivity contribution in [2.45, 2.75) is 50.6 Å². The predicted octanol–water partition coefficient (Wildman–Crippen LogP) is 4.91. The van der Waals surface area contributed by atoms with Crippen LogP contribution in [0, 0.1) is 12.7 Å². The lowest BCUT2D eigenvalue weighted by Gasteiger charge is -2.48. The highest BCUT2D eigenvalue weighted by atomic mass is 19.1. The molecule has 0 aliphatic carbocycles. The van der Waals surface area contributed by atoms with E-state index in [1.165, 1.54) is 11.6 Å². The highest BCUT2D eigenvalue weighted by molar-refractivity contribution is 6.23. The first-order valence-corrected chi connectivity index (χ1v) is 19.3. The van der Waals surface area contributed by atoms with Gasteiger partial charge in [-0.1, -0.05) is 36.4 Å². The fourth-order valence-electron chi connectivity index (χ4n) is 8.69. The maximum absolute atomic E-state index is 15.4. The van der Waals surface area contributed by atoms with Crippen LogP contribution < -0.4 is 10.2 Å². The molecule has 57 heavy (non-hydrogen) atoms. The molecule has 3 fully saturated rings. The Hall–Kier alpha value is -6.28. The van der Waals surface area contributed by atoms with Crippen LogP contribution in [-0.4, -0.2) is 112 Å². The summed E-state index contributed by atoms with van der Waals surface area (Å²) in [6.07, 6.45) is 5.74. The third-order valence-electron chi connectivity index (χ3n) is 12.0. The molecule has 4 aliphatic rings. The molecular weight excluding hydrogens is 728 g/mol. The highest BCUT2D eigenvalue weighted by Crippen LogP contribution is 2.37. The molecule has 0 spiro atoms. The molecule has 5 aromatic rings. The van der Waals surface area contributed by atoms with Crippen LogP contribution in [0.3, 0.4) is 0 Å². The number of piperidine rings is 2. The van der Waals surface area contributed by atoms with E-state index in [1.54, 1.807) is 25.2 Å². The number of likely N-dealkylation sites (tertiary alicyclic amines) is 1. The topological polar surface area (TPSA) is 152 Å². The monoisotopic (exact) mass is 768 g/mol. The summed E-state index contributed by atoms with van der Waals surface area (Å²) in [5.74, 6) is -2.71. The number of H-pyrrole nitrogens is 1. The smallest absolute Gasteiger partial charge is 0.262 e. The lowest BCUT2D eigenvalue weighted by molar-refractivity contribution is -0.136. The van der Waals surface area contributed by atoms with Crippen molar-refractivity contribution in [1.29, 1.82) is 0 Å². The summed E-state index contributed by atoms with van der Waals surface area (Å²) in [5, 5.41) is 2.18. The average Bonchev–Trinajstić information content (AvgIpc) is 3.71. The van der Waals surface area contributed by atoms with E-state index < -0.39 is 35.5 Å². The number of hydrogen-bond acceptors (Lipinski definition) is 9. The lowest BCUT2D eigenvalue weighted by atomic mass is 9.87. The zero-order valence-corrected chi connectivity index (χ0v) is 31.8. The number of nitrogens with one attached hydrogen (secondary N) is 2. The summed E-state index contributed by atoms with van der Waals surface area (Å²) < 4.78 is 15.4. The van der Waals surface area contributed by atoms with Gasteiger partial charge in [-0.2, -0.15) is 0 Å². The molecule has 0 radical (unpaired) electrons. The Balaban J connectivity index is 0.819. The number of amides is 5. The molecule has 1 atom stereocenters. The van der Waals surface area contributed by atoms with Gasteiger partial charge in [0.15, 0.2) is 5.65 Å². The molecular formula is C43H41FN8O5. The van der Waals surface area contributed by atoms with Gasteiger partial charge < -0.3 is 14.8 Å². The quantitative estimate of drug-likeness (QED) is 0.220. The van der Waals surface area contributed by atoms with Crippen molar-refractivity contribution in [1.82, 2.24) is 35.0 Å². The van der Waals surface area contributed by atoms with Crippen molar-refractivity contribution in [3.63, 3.8) is 0 Å². The molecule has 0 bridgehead atoms. The Morgan fingerprint density at radius 1 is 0.877 bits per heavy atom. The summed E-state index contributed by atoms with van der Waals surface area (Å²) in [6.45, 7) is 4.96. The second-order valence-electron chi connectivity index (χ2n) is 15.7. The van der Waals surface area contributed by atoms with E-state index in [2.05, 4.69) is 44.5 Å². The SMILES string of the molecule is Cc1cc(-c2c[nH]c3ncc(-c4ccc(C5CCN(C6CN(c7cc8c(cc7F)C(=O)N(C7CCC(=O)NC7=O)C8=O)C6)CC5)cc4)nc23)ccc1C(=O)N(C)C. The van der Waals surface area contributed by atoms with Crippen LogP contribution in [0.5, 0.6) is 0 Å². The number of halogens is 1. The van der Waals surface area contributed by atoms with Crippen molar-refractivity contribution in [3.8, 4) is 22.4 Å². The summed E-state index contributed by atoms with van der Waals surface area (Å²) in [4.78, 5) is 82.7. The van der Waals surface area contributed by atoms with E-state index in [0.29, 0.717) is 30.2 Å². The van der Waals surface area contributed by atoms with Gasteiger partial charge in [0.25, 0.3) is 17.7 Å². The van der Waals surface area contributed by atoms with Gasteiger partial charge in [0.05, 0.1) is 28.7 Å². The van der Waals surface area contributed by atoms with Crippen LogP contribution in [-0.2, 0) is 9.59 Å². The first-order valence-electron chi connectivity index (χ1n) is 19.3. The van der Waals surface area contributed by atoms with Gasteiger partial charge in [-0.05, 0) is 80.1 Å². The average molecular weight is 769 g/mol. The first kappa shape index (κ1) is 36.4. The van der Waals surface area contributed by atoms with Crippen LogP contribution in [0.2, 0.25) is 0 Å². The van der Waals surface area contributed by atoms with E-state index in [9.17, 15) is 24.0 Å². The van der Waals surface area contributed by atoms with Crippen LogP contribution in [0.1, 0.15) is 73.8 Å². The van der Waals surface area contributed by atoms with E-state index >= 15 is 4.39 Å². The highest BCUT2D eigenvalue weighted by Gasteiger charge is 2.46. The molecule has 14 heteroatoms. The number of benzene rings is 3. The van der Waals surface area contributed by atoms with Crippen molar-refractivity contribution < 1.29 is 28.4 Å². The minimum Gasteiger partial charge on any atom is -0.366 e. The van der Waals surface area contributed by atoms with Crippen LogP contribution in [0.4, 0.5) is 10.1 Å². The largest absolute Gasteiger partial charge is 0.366 e. The Labute approximate surface area is 327 Å². The molecule has 2 N–H and O–H groups in total. The fraction of sp³-hybridized carbons (Fsp3) is 0.326. The van der Waals surface area contributed by atoms with Gasteiger partial charge in [0.2, 0.25) is 11.8 Å². The zero-order chi connectivity index (χ0) is 39.7. The van der Waals surface area contributed by atoms with Crippen molar-refractivity contribution in [2.24, 2.45) is 0 Å². The summed E-state index contributed by atoms with van der Waals surface area (Å²) in [7, 11) is 3.49. The maximum Gasteiger partial charge on any atom is 0.262 e. The Morgan fingerprint density at radius 2 is 1.58 bits per heavy atom. The van der Waals surface area contributed by atoms with Crippen molar-refractivity contribution >= 4 is 46.4 Å². The first-order chi connectivity index (χ1) is 27.4. The Kier molecular flexibility index (Phi) is 8.95. The second kappa shape index (κ2) is 14.0. The third kappa shape index (κ3) is 6.33. The van der Waals surface area contributed by atoms with Crippen molar-refractivity contribution in [2.75, 3.05) is 45.2 Å². The molecule has 5 amide bonds. The third-order valence-corrected chi connectivity index (χ3v) is 12.0. The molecule has 290 valence electrons. The Morgan fingerprint density at radius 3 is 2.26 bits per heavy atom. The molecule has 6 heterocycles. The number of aryl methyl sites for hydroxylation is 1. The lowest BCUT2D eigenvalue weighted by Crippen LogP contribution is -2.61. The zero-order valence-electron chi connectivity index (χ0n) is 31.8. The van der Waals surface area contributed by atoms with E-state index in [-0.39, 0.29) is 41.6 Å². The summed E-state index contributed by atoms with van der Waals surface area (Å²) in [6, 6.07) is 16.1. The molecule has 9 rings (SSSR count). The molecule has 4 aliphatic heterocycles. The number of fused-ring (bicyclic) bond motifs is 2. The molecule has 3 aromatic carbocycles. The van der Waals surface area contributed by atoms with Crippen molar-refractivity contribution in [3.05, 3.63) is 101 Å². The van der Waals surface area contributed by atoms with Crippen LogP contribution >= 0.6 is 0 Å². The number of aromatic amines is 1. The summed E-state index contributed by atoms with van der Waals surface area (Å²) >= 11 is 0. The maximum atomic E-state index is 15.4. The minimum absolute atomic E-state index is 0.0199. The molecule has 13 nitrogen and oxygen atoms in total. The number of hydrogen-bond donors (Lipinski definition) is 2. The minimum atomic E-state index is -1.10. The molecule has 1 unspecified atom stereocenters. The molecule has 0 saturated carbocycles. The predicted molar refractivity (Wildman–Crippen MR) is 210 cm³/mol. The number of nitrogens with zero attached hydrogens (tertiary/aromatic N) is 6.